The summed E-state index contributed by atoms with van der Waals surface area (Å²) in [6.07, 6.45) is 3.35. The molecule has 2 rings (SSSR count). The second-order valence-electron chi connectivity index (χ2n) is 4.39. The van der Waals surface area contributed by atoms with E-state index in [9.17, 15) is 4.79 Å². The highest BCUT2D eigenvalue weighted by Crippen LogP contribution is 2.33. The lowest BCUT2D eigenvalue weighted by Crippen LogP contribution is -2.19. The molecule has 0 fully saturated rings. The van der Waals surface area contributed by atoms with Gasteiger partial charge in [-0.05, 0) is 36.5 Å². The van der Waals surface area contributed by atoms with Crippen LogP contribution in [0.2, 0.25) is 0 Å². The normalized spacial score (nSPS) is 18.5. The van der Waals surface area contributed by atoms with Crippen LogP contribution in [0.25, 0.3) is 0 Å². The number of carbonyl (C=O) groups is 1. The number of hydrogen-bond acceptors (Lipinski definition) is 3. The molecule has 4 N–H and O–H groups in total. The summed E-state index contributed by atoms with van der Waals surface area (Å²) in [5.41, 5.74) is 13.5. The Kier molecular flexibility index (Phi) is 3.64. The summed E-state index contributed by atoms with van der Waals surface area (Å²) < 4.78 is 5.61. The van der Waals surface area contributed by atoms with Gasteiger partial charge in [-0.25, -0.2) is 0 Å². The smallest absolute Gasteiger partial charge is 0.220 e. The lowest BCUT2D eigenvalue weighted by Gasteiger charge is -2.24. The molecule has 17 heavy (non-hydrogen) atoms. The van der Waals surface area contributed by atoms with Crippen molar-refractivity contribution in [3.05, 3.63) is 29.3 Å². The predicted molar refractivity (Wildman–Crippen MR) is 65.6 cm³/mol. The topological polar surface area (TPSA) is 78.3 Å². The van der Waals surface area contributed by atoms with Crippen LogP contribution in [0.1, 0.15) is 36.4 Å². The fraction of sp³-hybridized carbons (Fsp3) is 0.462. The van der Waals surface area contributed by atoms with Crippen molar-refractivity contribution in [2.24, 2.45) is 11.5 Å². The van der Waals surface area contributed by atoms with Gasteiger partial charge in [0.1, 0.15) is 5.75 Å². The third-order valence-corrected chi connectivity index (χ3v) is 3.12. The zero-order valence-electron chi connectivity index (χ0n) is 9.82. The Balaban J connectivity index is 2.12. The number of benzene rings is 1. The Morgan fingerprint density at radius 1 is 1.47 bits per heavy atom. The number of fused-ring (bicyclic) bond motifs is 1. The molecule has 0 saturated heterocycles. The fourth-order valence-corrected chi connectivity index (χ4v) is 2.25. The average molecular weight is 234 g/mol. The maximum atomic E-state index is 10.7. The van der Waals surface area contributed by atoms with Gasteiger partial charge in [-0.3, -0.25) is 4.79 Å². The molecule has 92 valence electrons. The van der Waals surface area contributed by atoms with Crippen molar-refractivity contribution in [2.45, 2.75) is 31.7 Å². The summed E-state index contributed by atoms with van der Waals surface area (Å²) in [5, 5.41) is 0. The van der Waals surface area contributed by atoms with E-state index in [1.165, 1.54) is 11.1 Å². The predicted octanol–water partition coefficient (Wildman–Crippen LogP) is 1.28. The van der Waals surface area contributed by atoms with Gasteiger partial charge in [-0.2, -0.15) is 0 Å². The molecular formula is C13H18N2O2. The van der Waals surface area contributed by atoms with Crippen molar-refractivity contribution in [2.75, 3.05) is 6.61 Å². The summed E-state index contributed by atoms with van der Waals surface area (Å²) >= 11 is 0. The van der Waals surface area contributed by atoms with E-state index in [-0.39, 0.29) is 18.4 Å². The van der Waals surface area contributed by atoms with E-state index in [1.54, 1.807) is 0 Å². The molecule has 1 aromatic rings. The quantitative estimate of drug-likeness (QED) is 0.823. The van der Waals surface area contributed by atoms with Crippen molar-refractivity contribution in [3.8, 4) is 5.75 Å². The van der Waals surface area contributed by atoms with E-state index in [4.69, 9.17) is 16.2 Å². The van der Waals surface area contributed by atoms with E-state index in [0.717, 1.165) is 25.0 Å². The van der Waals surface area contributed by atoms with E-state index in [0.29, 0.717) is 6.61 Å². The van der Waals surface area contributed by atoms with Crippen LogP contribution in [0, 0.1) is 0 Å². The van der Waals surface area contributed by atoms with Crippen LogP contribution in [0.3, 0.4) is 0 Å². The van der Waals surface area contributed by atoms with Gasteiger partial charge < -0.3 is 16.2 Å². The summed E-state index contributed by atoms with van der Waals surface area (Å²) in [6.45, 7) is 0.334. The number of rotatable bonds is 4. The molecular weight excluding hydrogens is 216 g/mol. The van der Waals surface area contributed by atoms with E-state index < -0.39 is 0 Å². The first-order chi connectivity index (χ1) is 8.18. The van der Waals surface area contributed by atoms with Crippen LogP contribution in [-0.2, 0) is 11.2 Å². The van der Waals surface area contributed by atoms with E-state index >= 15 is 0 Å². The molecule has 4 heteroatoms. The first-order valence-electron chi connectivity index (χ1n) is 5.97. The molecule has 1 aliphatic rings. The third-order valence-electron chi connectivity index (χ3n) is 3.12. The molecule has 1 amide bonds. The lowest BCUT2D eigenvalue weighted by atomic mass is 9.87. The SMILES string of the molecule is NC(=O)CCOc1cccc2c1CCCC2N. The van der Waals surface area contributed by atoms with Crippen LogP contribution in [-0.4, -0.2) is 12.5 Å². The van der Waals surface area contributed by atoms with Gasteiger partial charge in [-0.1, -0.05) is 12.1 Å². The van der Waals surface area contributed by atoms with Gasteiger partial charge in [0, 0.05) is 6.04 Å². The molecule has 0 bridgehead atoms. The first-order valence-corrected chi connectivity index (χ1v) is 5.97. The Morgan fingerprint density at radius 3 is 3.06 bits per heavy atom. The molecule has 4 nitrogen and oxygen atoms in total. The Morgan fingerprint density at radius 2 is 2.29 bits per heavy atom. The molecule has 1 atom stereocenters. The zero-order chi connectivity index (χ0) is 12.3. The van der Waals surface area contributed by atoms with Gasteiger partial charge in [0.05, 0.1) is 13.0 Å². The summed E-state index contributed by atoms with van der Waals surface area (Å²) in [4.78, 5) is 10.7. The van der Waals surface area contributed by atoms with Crippen LogP contribution < -0.4 is 16.2 Å². The number of ether oxygens (including phenoxy) is 1. The molecule has 1 unspecified atom stereocenters. The van der Waals surface area contributed by atoms with E-state index in [1.807, 2.05) is 12.1 Å². The highest BCUT2D eigenvalue weighted by Gasteiger charge is 2.19. The van der Waals surface area contributed by atoms with Gasteiger partial charge in [0.25, 0.3) is 0 Å². The van der Waals surface area contributed by atoms with Gasteiger partial charge in [-0.15, -0.1) is 0 Å². The number of amides is 1. The minimum Gasteiger partial charge on any atom is -0.493 e. The van der Waals surface area contributed by atoms with Gasteiger partial charge >= 0.3 is 0 Å². The Hall–Kier alpha value is -1.55. The number of primary amides is 1. The molecule has 0 saturated carbocycles. The first kappa shape index (κ1) is 11.9. The largest absolute Gasteiger partial charge is 0.493 e. The standard InChI is InChI=1S/C13H18N2O2/c14-11-5-1-4-10-9(11)3-2-6-12(10)17-8-7-13(15)16/h2-3,6,11H,1,4-5,7-8,14H2,(H2,15,16). The van der Waals surface area contributed by atoms with Crippen LogP contribution >= 0.6 is 0 Å². The van der Waals surface area contributed by atoms with Crippen molar-refractivity contribution in [1.29, 1.82) is 0 Å². The second kappa shape index (κ2) is 5.19. The zero-order valence-corrected chi connectivity index (χ0v) is 9.82. The van der Waals surface area contributed by atoms with Crippen LogP contribution in [0.5, 0.6) is 5.75 Å². The summed E-state index contributed by atoms with van der Waals surface area (Å²) in [7, 11) is 0. The number of carbonyl (C=O) groups excluding carboxylic acids is 1. The highest BCUT2D eigenvalue weighted by molar-refractivity contribution is 5.73. The highest BCUT2D eigenvalue weighted by atomic mass is 16.5. The molecule has 1 aromatic carbocycles. The van der Waals surface area contributed by atoms with Gasteiger partial charge in [0.15, 0.2) is 0 Å². The minimum absolute atomic E-state index is 0.110. The van der Waals surface area contributed by atoms with Crippen molar-refractivity contribution in [3.63, 3.8) is 0 Å². The maximum absolute atomic E-state index is 10.7. The minimum atomic E-state index is -0.341. The Bertz CT molecular complexity index is 418. The number of hydrogen-bond donors (Lipinski definition) is 2. The molecule has 0 aromatic heterocycles. The molecule has 1 aliphatic carbocycles. The molecule has 0 radical (unpaired) electrons. The van der Waals surface area contributed by atoms with Crippen LogP contribution in [0.4, 0.5) is 0 Å². The number of nitrogens with two attached hydrogens (primary N) is 2. The molecule has 0 heterocycles. The third kappa shape index (κ3) is 2.77. The molecule has 0 aliphatic heterocycles. The van der Waals surface area contributed by atoms with Crippen molar-refractivity contribution in [1.82, 2.24) is 0 Å². The van der Waals surface area contributed by atoms with Crippen LogP contribution in [0.15, 0.2) is 18.2 Å². The van der Waals surface area contributed by atoms with Crippen molar-refractivity contribution >= 4 is 5.91 Å². The monoisotopic (exact) mass is 234 g/mol. The van der Waals surface area contributed by atoms with E-state index in [2.05, 4.69) is 6.07 Å². The molecule has 0 spiro atoms. The lowest BCUT2D eigenvalue weighted by molar-refractivity contribution is -0.118. The maximum Gasteiger partial charge on any atom is 0.220 e. The Labute approximate surface area is 101 Å². The van der Waals surface area contributed by atoms with Gasteiger partial charge in [0.2, 0.25) is 5.91 Å². The fourth-order valence-electron chi connectivity index (χ4n) is 2.25. The average Bonchev–Trinajstić information content (AvgIpc) is 2.30. The van der Waals surface area contributed by atoms with Crippen molar-refractivity contribution < 1.29 is 9.53 Å². The summed E-state index contributed by atoms with van der Waals surface area (Å²) in [5.74, 6) is 0.505. The summed E-state index contributed by atoms with van der Waals surface area (Å²) in [6, 6.07) is 6.04. The second-order valence-corrected chi connectivity index (χ2v) is 4.39.